The van der Waals surface area contributed by atoms with E-state index in [4.69, 9.17) is 0 Å². The van der Waals surface area contributed by atoms with Crippen molar-refractivity contribution >= 4 is 21.6 Å². The predicted octanol–water partition coefficient (Wildman–Crippen LogP) is 2.44. The highest BCUT2D eigenvalue weighted by atomic mass is 32.2. The maximum Gasteiger partial charge on any atom is 0.249 e. The van der Waals surface area contributed by atoms with Crippen LogP contribution in [0.2, 0.25) is 0 Å². The van der Waals surface area contributed by atoms with E-state index in [-0.39, 0.29) is 28.9 Å². The van der Waals surface area contributed by atoms with Gasteiger partial charge in [0.25, 0.3) is 0 Å². The average Bonchev–Trinajstić information content (AvgIpc) is 2.90. The summed E-state index contributed by atoms with van der Waals surface area (Å²) in [7, 11) is -3.02. The molecule has 1 aliphatic rings. The summed E-state index contributed by atoms with van der Waals surface area (Å²) in [6, 6.07) is 1.61. The van der Waals surface area contributed by atoms with Gasteiger partial charge in [-0.1, -0.05) is 26.3 Å². The van der Waals surface area contributed by atoms with Crippen molar-refractivity contribution in [3.63, 3.8) is 0 Å². The van der Waals surface area contributed by atoms with Gasteiger partial charge in [0.1, 0.15) is 5.82 Å². The molecule has 0 bridgehead atoms. The van der Waals surface area contributed by atoms with Crippen LogP contribution < -0.4 is 5.32 Å². The first-order chi connectivity index (χ1) is 10.5. The van der Waals surface area contributed by atoms with Gasteiger partial charge in [0.15, 0.2) is 9.84 Å². The number of sulfone groups is 1. The summed E-state index contributed by atoms with van der Waals surface area (Å²) < 4.78 is 25.2. The molecule has 1 N–H and O–H groups in total. The van der Waals surface area contributed by atoms with Gasteiger partial charge in [0.05, 0.1) is 23.2 Å². The number of nitrogens with zero attached hydrogens (tertiary/aromatic N) is 2. The molecule has 1 saturated heterocycles. The standard InChI is InChI=1S/C16H25N3O3S/c1-11(2)8-15(20)17-14-9-13(16(3,4)5)18-19(14)12-6-7-23(21,22)10-12/h8-9,12H,6-7,10H2,1-5H3,(H,17,20)/t12-/m1/s1. The van der Waals surface area contributed by atoms with Crippen LogP contribution in [0.25, 0.3) is 0 Å². The van der Waals surface area contributed by atoms with Gasteiger partial charge in [0.2, 0.25) is 5.91 Å². The molecule has 0 saturated carbocycles. The van der Waals surface area contributed by atoms with Gasteiger partial charge in [-0.2, -0.15) is 5.10 Å². The van der Waals surface area contributed by atoms with Crippen molar-refractivity contribution in [2.75, 3.05) is 16.8 Å². The molecule has 1 atom stereocenters. The molecule has 7 heteroatoms. The Labute approximate surface area is 137 Å². The third-order valence-electron chi connectivity index (χ3n) is 3.73. The van der Waals surface area contributed by atoms with Gasteiger partial charge in [-0.25, -0.2) is 13.1 Å². The lowest BCUT2D eigenvalue weighted by molar-refractivity contribution is -0.112. The molecule has 0 unspecified atom stereocenters. The normalized spacial score (nSPS) is 20.3. The van der Waals surface area contributed by atoms with Crippen LogP contribution in [0.3, 0.4) is 0 Å². The molecule has 23 heavy (non-hydrogen) atoms. The molecule has 1 aromatic heterocycles. The second-order valence-corrected chi connectivity index (χ2v) is 9.61. The van der Waals surface area contributed by atoms with Crippen molar-refractivity contribution in [3.8, 4) is 0 Å². The van der Waals surface area contributed by atoms with Gasteiger partial charge < -0.3 is 5.32 Å². The summed E-state index contributed by atoms with van der Waals surface area (Å²) in [5.74, 6) is 0.569. The molecule has 6 nitrogen and oxygen atoms in total. The number of carbonyl (C=O) groups is 1. The highest BCUT2D eigenvalue weighted by Crippen LogP contribution is 2.30. The molecule has 0 radical (unpaired) electrons. The lowest BCUT2D eigenvalue weighted by Gasteiger charge is -2.15. The van der Waals surface area contributed by atoms with Gasteiger partial charge in [0, 0.05) is 17.6 Å². The summed E-state index contributed by atoms with van der Waals surface area (Å²) in [6.07, 6.45) is 2.04. The fourth-order valence-corrected chi connectivity index (χ4v) is 4.22. The smallest absolute Gasteiger partial charge is 0.249 e. The Morgan fingerprint density at radius 2 is 2.04 bits per heavy atom. The zero-order valence-corrected chi connectivity index (χ0v) is 15.2. The van der Waals surface area contributed by atoms with Crippen LogP contribution in [-0.4, -0.2) is 35.6 Å². The SMILES string of the molecule is CC(C)=CC(=O)Nc1cc(C(C)(C)C)nn1[C@@H]1CCS(=O)(=O)C1. The number of aromatic nitrogens is 2. The quantitative estimate of drug-likeness (QED) is 0.858. The largest absolute Gasteiger partial charge is 0.307 e. The monoisotopic (exact) mass is 339 g/mol. The second-order valence-electron chi connectivity index (χ2n) is 7.38. The van der Waals surface area contributed by atoms with E-state index in [9.17, 15) is 13.2 Å². The van der Waals surface area contributed by atoms with E-state index in [2.05, 4.69) is 10.4 Å². The Kier molecular flexibility index (Phi) is 4.71. The summed E-state index contributed by atoms with van der Waals surface area (Å²) in [5, 5.41) is 7.41. The van der Waals surface area contributed by atoms with Crippen LogP contribution in [0.5, 0.6) is 0 Å². The van der Waals surface area contributed by atoms with E-state index in [1.165, 1.54) is 6.08 Å². The van der Waals surface area contributed by atoms with Crippen LogP contribution in [0, 0.1) is 0 Å². The van der Waals surface area contributed by atoms with E-state index >= 15 is 0 Å². The first-order valence-electron chi connectivity index (χ1n) is 7.74. The minimum atomic E-state index is -3.02. The van der Waals surface area contributed by atoms with E-state index in [1.54, 1.807) is 4.68 Å². The van der Waals surface area contributed by atoms with Gasteiger partial charge in [-0.05, 0) is 20.3 Å². The average molecular weight is 339 g/mol. The third kappa shape index (κ3) is 4.43. The lowest BCUT2D eigenvalue weighted by Crippen LogP contribution is -2.19. The molecule has 1 aromatic rings. The summed E-state index contributed by atoms with van der Waals surface area (Å²) >= 11 is 0. The van der Waals surface area contributed by atoms with Crippen molar-refractivity contribution in [2.24, 2.45) is 0 Å². The highest BCUT2D eigenvalue weighted by molar-refractivity contribution is 7.91. The van der Waals surface area contributed by atoms with Crippen molar-refractivity contribution in [1.29, 1.82) is 0 Å². The molecule has 1 fully saturated rings. The van der Waals surface area contributed by atoms with E-state index < -0.39 is 9.84 Å². The summed E-state index contributed by atoms with van der Waals surface area (Å²) in [5.41, 5.74) is 1.54. The molecular weight excluding hydrogens is 314 g/mol. The Hall–Kier alpha value is -1.63. The van der Waals surface area contributed by atoms with E-state index in [0.717, 1.165) is 11.3 Å². The Balaban J connectivity index is 2.37. The highest BCUT2D eigenvalue weighted by Gasteiger charge is 2.32. The topological polar surface area (TPSA) is 81.1 Å². The number of hydrogen-bond acceptors (Lipinski definition) is 4. The third-order valence-corrected chi connectivity index (χ3v) is 5.48. The van der Waals surface area contributed by atoms with Crippen LogP contribution in [0.4, 0.5) is 5.82 Å². The van der Waals surface area contributed by atoms with Gasteiger partial charge in [-0.3, -0.25) is 4.79 Å². The molecule has 2 rings (SSSR count). The van der Waals surface area contributed by atoms with Crippen LogP contribution in [0.1, 0.15) is 52.8 Å². The molecule has 128 valence electrons. The zero-order valence-electron chi connectivity index (χ0n) is 14.4. The fraction of sp³-hybridized carbons (Fsp3) is 0.625. The van der Waals surface area contributed by atoms with E-state index in [0.29, 0.717) is 12.2 Å². The first kappa shape index (κ1) is 17.7. The summed E-state index contributed by atoms with van der Waals surface area (Å²) in [4.78, 5) is 12.0. The number of rotatable bonds is 3. The molecule has 2 heterocycles. The molecule has 0 aromatic carbocycles. The van der Waals surface area contributed by atoms with Gasteiger partial charge in [-0.15, -0.1) is 0 Å². The first-order valence-corrected chi connectivity index (χ1v) is 9.56. The molecule has 1 aliphatic heterocycles. The molecular formula is C16H25N3O3S. The van der Waals surface area contributed by atoms with Gasteiger partial charge >= 0.3 is 0 Å². The van der Waals surface area contributed by atoms with Crippen LogP contribution >= 0.6 is 0 Å². The number of allylic oxidation sites excluding steroid dienone is 1. The Morgan fingerprint density at radius 3 is 2.52 bits per heavy atom. The Morgan fingerprint density at radius 1 is 1.39 bits per heavy atom. The zero-order chi connectivity index (χ0) is 17.4. The number of hydrogen-bond donors (Lipinski definition) is 1. The maximum absolute atomic E-state index is 12.0. The molecule has 0 spiro atoms. The minimum Gasteiger partial charge on any atom is -0.307 e. The van der Waals surface area contributed by atoms with Crippen molar-refractivity contribution in [3.05, 3.63) is 23.4 Å². The number of anilines is 1. The second kappa shape index (κ2) is 6.11. The van der Waals surface area contributed by atoms with Crippen molar-refractivity contribution in [2.45, 2.75) is 52.5 Å². The summed E-state index contributed by atoms with van der Waals surface area (Å²) in [6.45, 7) is 9.80. The maximum atomic E-state index is 12.0. The van der Waals surface area contributed by atoms with Crippen molar-refractivity contribution in [1.82, 2.24) is 9.78 Å². The van der Waals surface area contributed by atoms with Crippen LogP contribution in [0.15, 0.2) is 17.7 Å². The number of amides is 1. The molecule has 1 amide bonds. The Bertz CT molecular complexity index is 735. The fourth-order valence-electron chi connectivity index (χ4n) is 2.53. The van der Waals surface area contributed by atoms with Crippen LogP contribution in [-0.2, 0) is 20.0 Å². The lowest BCUT2D eigenvalue weighted by atomic mass is 9.92. The molecule has 0 aliphatic carbocycles. The van der Waals surface area contributed by atoms with Crippen molar-refractivity contribution < 1.29 is 13.2 Å². The predicted molar refractivity (Wildman–Crippen MR) is 91.3 cm³/mol. The number of carbonyl (C=O) groups excluding carboxylic acids is 1. The van der Waals surface area contributed by atoms with E-state index in [1.807, 2.05) is 40.7 Å². The minimum absolute atomic E-state index is 0.0732. The number of nitrogens with one attached hydrogen (secondary N) is 1.